The van der Waals surface area contributed by atoms with Gasteiger partial charge in [0.25, 0.3) is 0 Å². The zero-order valence-electron chi connectivity index (χ0n) is 10.9. The Bertz CT molecular complexity index is 315. The van der Waals surface area contributed by atoms with E-state index in [0.717, 1.165) is 25.8 Å². The maximum atomic E-state index is 5.74. The van der Waals surface area contributed by atoms with E-state index >= 15 is 0 Å². The zero-order chi connectivity index (χ0) is 12.1. The van der Waals surface area contributed by atoms with Crippen LogP contribution in [0, 0.1) is 0 Å². The highest BCUT2D eigenvalue weighted by atomic mass is 16.5. The summed E-state index contributed by atoms with van der Waals surface area (Å²) in [6.45, 7) is 5.40. The molecule has 1 aromatic rings. The minimum atomic E-state index is 0.396. The van der Waals surface area contributed by atoms with Crippen LogP contribution >= 0.6 is 0 Å². The minimum absolute atomic E-state index is 0.396. The number of benzene rings is 1. The summed E-state index contributed by atoms with van der Waals surface area (Å²) in [5.41, 5.74) is 1.41. The largest absolute Gasteiger partial charge is 0.375 e. The topological polar surface area (TPSA) is 21.3 Å². The number of hydrogen-bond donors (Lipinski definition) is 1. The summed E-state index contributed by atoms with van der Waals surface area (Å²) in [4.78, 5) is 0. The molecular formula is C15H23NO. The Morgan fingerprint density at radius 1 is 1.12 bits per heavy atom. The molecule has 0 spiro atoms. The van der Waals surface area contributed by atoms with Gasteiger partial charge in [-0.1, -0.05) is 30.3 Å². The van der Waals surface area contributed by atoms with Crippen molar-refractivity contribution >= 4 is 0 Å². The first-order valence-corrected chi connectivity index (χ1v) is 6.67. The molecule has 1 heterocycles. The van der Waals surface area contributed by atoms with Gasteiger partial charge in [-0.3, -0.25) is 0 Å². The van der Waals surface area contributed by atoms with Crippen molar-refractivity contribution in [1.82, 2.24) is 5.32 Å². The second-order valence-electron chi connectivity index (χ2n) is 5.12. The first-order chi connectivity index (χ1) is 8.24. The molecule has 1 aliphatic rings. The third kappa shape index (κ3) is 4.14. The molecule has 0 radical (unpaired) electrons. The van der Waals surface area contributed by atoms with Gasteiger partial charge in [0.1, 0.15) is 0 Å². The lowest BCUT2D eigenvalue weighted by molar-refractivity contribution is -0.0419. The van der Waals surface area contributed by atoms with Gasteiger partial charge in [-0.05, 0) is 45.2 Å². The molecule has 1 aromatic carbocycles. The zero-order valence-corrected chi connectivity index (χ0v) is 10.9. The van der Waals surface area contributed by atoms with Gasteiger partial charge in [0, 0.05) is 6.04 Å². The van der Waals surface area contributed by atoms with Crippen molar-refractivity contribution in [1.29, 1.82) is 0 Å². The van der Waals surface area contributed by atoms with Crippen LogP contribution in [0.5, 0.6) is 0 Å². The Labute approximate surface area is 104 Å². The highest BCUT2D eigenvalue weighted by Gasteiger charge is 2.23. The highest BCUT2D eigenvalue weighted by Crippen LogP contribution is 2.18. The first-order valence-electron chi connectivity index (χ1n) is 6.67. The first kappa shape index (κ1) is 12.6. The second-order valence-corrected chi connectivity index (χ2v) is 5.12. The van der Waals surface area contributed by atoms with Crippen LogP contribution in [-0.4, -0.2) is 24.8 Å². The van der Waals surface area contributed by atoms with E-state index in [2.05, 4.69) is 49.5 Å². The Morgan fingerprint density at radius 2 is 1.76 bits per heavy atom. The molecule has 2 heteroatoms. The number of nitrogens with one attached hydrogen (secondary N) is 1. The monoisotopic (exact) mass is 233 g/mol. The van der Waals surface area contributed by atoms with Crippen molar-refractivity contribution < 1.29 is 4.74 Å². The Balaban J connectivity index is 1.71. The van der Waals surface area contributed by atoms with Crippen LogP contribution in [-0.2, 0) is 11.2 Å². The maximum Gasteiger partial charge on any atom is 0.0565 e. The van der Waals surface area contributed by atoms with Gasteiger partial charge in [0.05, 0.1) is 12.2 Å². The van der Waals surface area contributed by atoms with Crippen LogP contribution in [0.25, 0.3) is 0 Å². The van der Waals surface area contributed by atoms with Gasteiger partial charge in [-0.25, -0.2) is 0 Å². The summed E-state index contributed by atoms with van der Waals surface area (Å²) in [6.07, 6.45) is 4.18. The fourth-order valence-corrected chi connectivity index (χ4v) is 2.64. The predicted molar refractivity (Wildman–Crippen MR) is 71.2 cm³/mol. The van der Waals surface area contributed by atoms with Gasteiger partial charge in [0.15, 0.2) is 0 Å². The SMILES string of the molecule is CC1CC(NCCc2ccccc2)CC(C)O1. The normalized spacial score (nSPS) is 29.2. The molecule has 1 aliphatic heterocycles. The third-order valence-corrected chi connectivity index (χ3v) is 3.39. The van der Waals surface area contributed by atoms with Crippen molar-refractivity contribution in [3.05, 3.63) is 35.9 Å². The van der Waals surface area contributed by atoms with Crippen LogP contribution in [0.3, 0.4) is 0 Å². The average Bonchev–Trinajstić information content (AvgIpc) is 2.29. The number of hydrogen-bond acceptors (Lipinski definition) is 2. The fourth-order valence-electron chi connectivity index (χ4n) is 2.64. The molecule has 0 aliphatic carbocycles. The van der Waals surface area contributed by atoms with E-state index in [1.807, 2.05) is 0 Å². The van der Waals surface area contributed by atoms with E-state index in [0.29, 0.717) is 18.2 Å². The molecule has 0 saturated carbocycles. The quantitative estimate of drug-likeness (QED) is 0.863. The molecule has 1 saturated heterocycles. The van der Waals surface area contributed by atoms with Crippen LogP contribution in [0.1, 0.15) is 32.3 Å². The summed E-state index contributed by atoms with van der Waals surface area (Å²) in [6, 6.07) is 11.3. The van der Waals surface area contributed by atoms with Crippen molar-refractivity contribution in [3.63, 3.8) is 0 Å². The lowest BCUT2D eigenvalue weighted by Crippen LogP contribution is -2.41. The van der Waals surface area contributed by atoms with Crippen LogP contribution < -0.4 is 5.32 Å². The van der Waals surface area contributed by atoms with E-state index in [-0.39, 0.29) is 0 Å². The van der Waals surface area contributed by atoms with Gasteiger partial charge >= 0.3 is 0 Å². The Hall–Kier alpha value is -0.860. The molecule has 2 atom stereocenters. The minimum Gasteiger partial charge on any atom is -0.375 e. The van der Waals surface area contributed by atoms with Crippen molar-refractivity contribution in [3.8, 4) is 0 Å². The molecule has 1 fully saturated rings. The van der Waals surface area contributed by atoms with Crippen molar-refractivity contribution in [2.45, 2.75) is 51.4 Å². The van der Waals surface area contributed by atoms with Crippen LogP contribution in [0.4, 0.5) is 0 Å². The molecule has 0 amide bonds. The Kier molecular flexibility index (Phi) is 4.57. The van der Waals surface area contributed by atoms with Crippen molar-refractivity contribution in [2.24, 2.45) is 0 Å². The molecule has 2 unspecified atom stereocenters. The van der Waals surface area contributed by atoms with Gasteiger partial charge < -0.3 is 10.1 Å². The smallest absolute Gasteiger partial charge is 0.0565 e. The lowest BCUT2D eigenvalue weighted by Gasteiger charge is -2.32. The van der Waals surface area contributed by atoms with E-state index < -0.39 is 0 Å². The van der Waals surface area contributed by atoms with Gasteiger partial charge in [-0.15, -0.1) is 0 Å². The third-order valence-electron chi connectivity index (χ3n) is 3.39. The highest BCUT2D eigenvalue weighted by molar-refractivity contribution is 5.14. The van der Waals surface area contributed by atoms with Crippen molar-refractivity contribution in [2.75, 3.05) is 6.54 Å². The van der Waals surface area contributed by atoms with E-state index in [1.54, 1.807) is 0 Å². The van der Waals surface area contributed by atoms with E-state index in [4.69, 9.17) is 4.74 Å². The molecule has 2 rings (SSSR count). The van der Waals surface area contributed by atoms with E-state index in [9.17, 15) is 0 Å². The number of rotatable bonds is 4. The maximum absolute atomic E-state index is 5.74. The molecule has 0 aromatic heterocycles. The van der Waals surface area contributed by atoms with Crippen LogP contribution in [0.2, 0.25) is 0 Å². The molecule has 1 N–H and O–H groups in total. The molecule has 0 bridgehead atoms. The Morgan fingerprint density at radius 3 is 2.41 bits per heavy atom. The molecule has 2 nitrogen and oxygen atoms in total. The second kappa shape index (κ2) is 6.18. The van der Waals surface area contributed by atoms with E-state index in [1.165, 1.54) is 5.56 Å². The summed E-state index contributed by atoms with van der Waals surface area (Å²) in [7, 11) is 0. The summed E-state index contributed by atoms with van der Waals surface area (Å²) >= 11 is 0. The molecule has 94 valence electrons. The fraction of sp³-hybridized carbons (Fsp3) is 0.600. The van der Waals surface area contributed by atoms with Gasteiger partial charge in [-0.2, -0.15) is 0 Å². The molecular weight excluding hydrogens is 210 g/mol. The predicted octanol–water partition coefficient (Wildman–Crippen LogP) is 2.77. The summed E-state index contributed by atoms with van der Waals surface area (Å²) in [5, 5.41) is 3.65. The average molecular weight is 233 g/mol. The van der Waals surface area contributed by atoms with Crippen LogP contribution in [0.15, 0.2) is 30.3 Å². The number of ether oxygens (including phenoxy) is 1. The summed E-state index contributed by atoms with van der Waals surface area (Å²) in [5.74, 6) is 0. The van der Waals surface area contributed by atoms with Gasteiger partial charge in [0.2, 0.25) is 0 Å². The molecule has 17 heavy (non-hydrogen) atoms. The standard InChI is InChI=1S/C15H23NO/c1-12-10-15(11-13(2)17-12)16-9-8-14-6-4-3-5-7-14/h3-7,12-13,15-16H,8-11H2,1-2H3. The summed E-state index contributed by atoms with van der Waals surface area (Å²) < 4.78 is 5.74. The lowest BCUT2D eigenvalue weighted by atomic mass is 9.99.